The van der Waals surface area contributed by atoms with Gasteiger partial charge in [-0.2, -0.15) is 0 Å². The quantitative estimate of drug-likeness (QED) is 0.868. The van der Waals surface area contributed by atoms with Crippen LogP contribution in [0.1, 0.15) is 23.0 Å². The maximum absolute atomic E-state index is 12.7. The molecule has 2 aromatic rings. The molecule has 1 fully saturated rings. The molecular weight excluding hydrogens is 284 g/mol. The van der Waals surface area contributed by atoms with E-state index in [2.05, 4.69) is 6.92 Å². The smallest absolute Gasteiger partial charge is 0.264 e. The van der Waals surface area contributed by atoms with Crippen molar-refractivity contribution in [1.29, 1.82) is 0 Å². The van der Waals surface area contributed by atoms with Crippen molar-refractivity contribution in [3.8, 4) is 0 Å². The van der Waals surface area contributed by atoms with E-state index in [4.69, 9.17) is 10.5 Å². The Balaban J connectivity index is 1.83. The molecule has 0 bridgehead atoms. The molecule has 1 aromatic heterocycles. The van der Waals surface area contributed by atoms with Crippen LogP contribution in [-0.2, 0) is 4.74 Å². The van der Waals surface area contributed by atoms with Crippen molar-refractivity contribution in [3.05, 3.63) is 29.1 Å². The van der Waals surface area contributed by atoms with E-state index < -0.39 is 0 Å². The minimum Gasteiger partial charge on any atom is -0.399 e. The Hall–Kier alpha value is -1.59. The van der Waals surface area contributed by atoms with Crippen molar-refractivity contribution in [2.45, 2.75) is 19.4 Å². The Kier molecular flexibility index (Phi) is 3.87. The maximum atomic E-state index is 12.7. The molecule has 2 heterocycles. The monoisotopic (exact) mass is 304 g/mol. The standard InChI is InChI=1S/C16H20N2O2S/c1-10-5-6-18(9-13(10)20-2)16(19)15-8-11-7-12(17)3-4-14(11)21-15/h3-4,7-8,10,13H,5-6,9,17H2,1-2H3. The molecule has 2 atom stereocenters. The van der Waals surface area contributed by atoms with Crippen molar-refractivity contribution in [2.24, 2.45) is 5.92 Å². The van der Waals surface area contributed by atoms with Gasteiger partial charge < -0.3 is 15.4 Å². The number of amides is 1. The van der Waals surface area contributed by atoms with Crippen molar-refractivity contribution < 1.29 is 9.53 Å². The normalized spacial score (nSPS) is 22.7. The van der Waals surface area contributed by atoms with Crippen LogP contribution in [0.4, 0.5) is 5.69 Å². The number of carbonyl (C=O) groups excluding carboxylic acids is 1. The maximum Gasteiger partial charge on any atom is 0.264 e. The zero-order valence-electron chi connectivity index (χ0n) is 12.3. The van der Waals surface area contributed by atoms with Gasteiger partial charge in [-0.05, 0) is 42.0 Å². The molecule has 1 amide bonds. The molecule has 3 rings (SSSR count). The van der Waals surface area contributed by atoms with E-state index in [1.165, 1.54) is 11.3 Å². The highest BCUT2D eigenvalue weighted by molar-refractivity contribution is 7.20. The molecule has 1 aliphatic rings. The molecule has 1 aromatic carbocycles. The fourth-order valence-corrected chi connectivity index (χ4v) is 3.86. The molecule has 2 unspecified atom stereocenters. The number of ether oxygens (including phenoxy) is 1. The first-order valence-corrected chi connectivity index (χ1v) is 8.01. The minimum absolute atomic E-state index is 0.101. The number of methoxy groups -OCH3 is 1. The second-order valence-electron chi connectivity index (χ2n) is 5.70. The highest BCUT2D eigenvalue weighted by Crippen LogP contribution is 2.29. The van der Waals surface area contributed by atoms with E-state index in [0.29, 0.717) is 12.5 Å². The molecule has 2 N–H and O–H groups in total. The summed E-state index contributed by atoms with van der Waals surface area (Å²) in [5, 5.41) is 1.04. The highest BCUT2D eigenvalue weighted by Gasteiger charge is 2.29. The van der Waals surface area contributed by atoms with Gasteiger partial charge in [-0.25, -0.2) is 0 Å². The van der Waals surface area contributed by atoms with Gasteiger partial charge in [0.25, 0.3) is 5.91 Å². The largest absolute Gasteiger partial charge is 0.399 e. The van der Waals surface area contributed by atoms with Gasteiger partial charge in [0.2, 0.25) is 0 Å². The van der Waals surface area contributed by atoms with Crippen LogP contribution in [0.15, 0.2) is 24.3 Å². The number of rotatable bonds is 2. The van der Waals surface area contributed by atoms with Crippen molar-refractivity contribution >= 4 is 33.0 Å². The Bertz CT molecular complexity index is 667. The third-order valence-corrected chi connectivity index (χ3v) is 5.33. The summed E-state index contributed by atoms with van der Waals surface area (Å²) in [5.41, 5.74) is 6.52. The number of nitrogens with two attached hydrogens (primary N) is 1. The average molecular weight is 304 g/mol. The second kappa shape index (κ2) is 5.66. The van der Waals surface area contributed by atoms with Gasteiger partial charge in [0, 0.05) is 30.6 Å². The Labute approximate surface area is 128 Å². The Morgan fingerprint density at radius 2 is 2.24 bits per heavy atom. The molecule has 112 valence electrons. The molecule has 0 spiro atoms. The number of nitrogen functional groups attached to an aromatic ring is 1. The topological polar surface area (TPSA) is 55.6 Å². The van der Waals surface area contributed by atoms with Crippen LogP contribution in [0, 0.1) is 5.92 Å². The van der Waals surface area contributed by atoms with Crippen LogP contribution >= 0.6 is 11.3 Å². The summed E-state index contributed by atoms with van der Waals surface area (Å²) in [7, 11) is 1.72. The van der Waals surface area contributed by atoms with E-state index in [-0.39, 0.29) is 12.0 Å². The predicted molar refractivity (Wildman–Crippen MR) is 86.7 cm³/mol. The number of likely N-dealkylation sites (tertiary alicyclic amines) is 1. The van der Waals surface area contributed by atoms with E-state index >= 15 is 0 Å². The van der Waals surface area contributed by atoms with Gasteiger partial charge in [-0.3, -0.25) is 4.79 Å². The summed E-state index contributed by atoms with van der Waals surface area (Å²) < 4.78 is 6.59. The number of carbonyl (C=O) groups is 1. The summed E-state index contributed by atoms with van der Waals surface area (Å²) in [6, 6.07) is 7.70. The first-order valence-electron chi connectivity index (χ1n) is 7.19. The third-order valence-electron chi connectivity index (χ3n) is 4.23. The number of nitrogens with zero attached hydrogens (tertiary/aromatic N) is 1. The van der Waals surface area contributed by atoms with Gasteiger partial charge >= 0.3 is 0 Å². The third kappa shape index (κ3) is 2.76. The van der Waals surface area contributed by atoms with Gasteiger partial charge in [0.1, 0.15) is 0 Å². The van der Waals surface area contributed by atoms with Crippen molar-refractivity contribution in [1.82, 2.24) is 4.90 Å². The number of hydrogen-bond acceptors (Lipinski definition) is 4. The van der Waals surface area contributed by atoms with Crippen LogP contribution < -0.4 is 5.73 Å². The fraction of sp³-hybridized carbons (Fsp3) is 0.438. The number of benzene rings is 1. The molecule has 1 aliphatic heterocycles. The number of piperidine rings is 1. The van der Waals surface area contributed by atoms with Crippen LogP contribution in [-0.4, -0.2) is 37.1 Å². The zero-order valence-corrected chi connectivity index (χ0v) is 13.2. The average Bonchev–Trinajstić information content (AvgIpc) is 2.90. The lowest BCUT2D eigenvalue weighted by molar-refractivity contribution is -0.00138. The molecule has 5 heteroatoms. The van der Waals surface area contributed by atoms with Crippen LogP contribution in [0.3, 0.4) is 0 Å². The summed E-state index contributed by atoms with van der Waals surface area (Å²) in [4.78, 5) is 15.4. The van der Waals surface area contributed by atoms with Crippen LogP contribution in [0.2, 0.25) is 0 Å². The first kappa shape index (κ1) is 14.4. The number of hydrogen-bond donors (Lipinski definition) is 1. The Morgan fingerprint density at radius 3 is 3.00 bits per heavy atom. The van der Waals surface area contributed by atoms with E-state index in [1.54, 1.807) is 7.11 Å². The lowest BCUT2D eigenvalue weighted by Gasteiger charge is -2.36. The fourth-order valence-electron chi connectivity index (χ4n) is 2.85. The Morgan fingerprint density at radius 1 is 1.43 bits per heavy atom. The van der Waals surface area contributed by atoms with Gasteiger partial charge in [0.05, 0.1) is 11.0 Å². The van der Waals surface area contributed by atoms with E-state index in [0.717, 1.165) is 33.6 Å². The molecule has 0 radical (unpaired) electrons. The summed E-state index contributed by atoms with van der Waals surface area (Å²) in [6.07, 6.45) is 1.12. The summed E-state index contributed by atoms with van der Waals surface area (Å²) in [6.45, 7) is 3.65. The van der Waals surface area contributed by atoms with Gasteiger partial charge in [-0.15, -0.1) is 11.3 Å². The first-order chi connectivity index (χ1) is 10.1. The van der Waals surface area contributed by atoms with Gasteiger partial charge in [0.15, 0.2) is 0 Å². The lowest BCUT2D eigenvalue weighted by atomic mass is 9.96. The van der Waals surface area contributed by atoms with Crippen LogP contribution in [0.25, 0.3) is 10.1 Å². The van der Waals surface area contributed by atoms with Crippen LogP contribution in [0.5, 0.6) is 0 Å². The van der Waals surface area contributed by atoms with E-state index in [1.807, 2.05) is 29.2 Å². The minimum atomic E-state index is 0.101. The molecule has 4 nitrogen and oxygen atoms in total. The lowest BCUT2D eigenvalue weighted by Crippen LogP contribution is -2.46. The molecule has 1 saturated heterocycles. The van der Waals surface area contributed by atoms with Gasteiger partial charge in [-0.1, -0.05) is 6.92 Å². The second-order valence-corrected chi connectivity index (χ2v) is 6.78. The SMILES string of the molecule is COC1CN(C(=O)c2cc3cc(N)ccc3s2)CCC1C. The van der Waals surface area contributed by atoms with Crippen molar-refractivity contribution in [2.75, 3.05) is 25.9 Å². The highest BCUT2D eigenvalue weighted by atomic mass is 32.1. The number of fused-ring (bicyclic) bond motifs is 1. The summed E-state index contributed by atoms with van der Waals surface area (Å²) in [5.74, 6) is 0.602. The molecule has 0 aliphatic carbocycles. The number of anilines is 1. The molecule has 21 heavy (non-hydrogen) atoms. The van der Waals surface area contributed by atoms with Crippen molar-refractivity contribution in [3.63, 3.8) is 0 Å². The zero-order chi connectivity index (χ0) is 15.0. The molecule has 0 saturated carbocycles. The number of thiophene rings is 1. The summed E-state index contributed by atoms with van der Waals surface area (Å²) >= 11 is 1.53. The van der Waals surface area contributed by atoms with E-state index in [9.17, 15) is 4.79 Å². The molecular formula is C16H20N2O2S. The predicted octanol–water partition coefficient (Wildman–Crippen LogP) is 2.98.